The zero-order chi connectivity index (χ0) is 10.8. The van der Waals surface area contributed by atoms with Crippen molar-refractivity contribution in [2.75, 3.05) is 33.2 Å². The molecule has 1 saturated heterocycles. The van der Waals surface area contributed by atoms with Crippen molar-refractivity contribution in [1.82, 2.24) is 9.80 Å². The van der Waals surface area contributed by atoms with E-state index in [0.29, 0.717) is 12.6 Å². The SMILES string of the molecule is [C-]#[N+]C[C@@H]1CN(C)CCN1C(C)(C)C. The van der Waals surface area contributed by atoms with Gasteiger partial charge >= 0.3 is 0 Å². The lowest BCUT2D eigenvalue weighted by Crippen LogP contribution is -2.59. The Hall–Kier alpha value is -0.590. The highest BCUT2D eigenvalue weighted by atomic mass is 15.3. The highest BCUT2D eigenvalue weighted by Gasteiger charge is 2.34. The second-order valence-electron chi connectivity index (χ2n) is 5.12. The van der Waals surface area contributed by atoms with E-state index in [4.69, 9.17) is 6.57 Å². The van der Waals surface area contributed by atoms with Gasteiger partial charge in [-0.25, -0.2) is 6.57 Å². The summed E-state index contributed by atoms with van der Waals surface area (Å²) in [7, 11) is 2.14. The number of piperazine rings is 1. The van der Waals surface area contributed by atoms with Crippen molar-refractivity contribution < 1.29 is 0 Å². The summed E-state index contributed by atoms with van der Waals surface area (Å²) in [5.41, 5.74) is 0.191. The molecule has 1 aliphatic heterocycles. The molecule has 1 heterocycles. The Morgan fingerprint density at radius 2 is 2.00 bits per heavy atom. The summed E-state index contributed by atoms with van der Waals surface area (Å²) in [5, 5.41) is 0. The van der Waals surface area contributed by atoms with Crippen LogP contribution in [0.15, 0.2) is 0 Å². The van der Waals surface area contributed by atoms with Gasteiger partial charge in [0.15, 0.2) is 0 Å². The van der Waals surface area contributed by atoms with Crippen LogP contribution < -0.4 is 0 Å². The van der Waals surface area contributed by atoms with Crippen molar-refractivity contribution >= 4 is 0 Å². The first-order valence-corrected chi connectivity index (χ1v) is 5.23. The van der Waals surface area contributed by atoms with Gasteiger partial charge in [-0.3, -0.25) is 4.90 Å². The Morgan fingerprint density at radius 3 is 2.50 bits per heavy atom. The lowest BCUT2D eigenvalue weighted by atomic mass is 10.0. The predicted molar refractivity (Wildman–Crippen MR) is 59.2 cm³/mol. The third-order valence-corrected chi connectivity index (χ3v) is 2.85. The third-order valence-electron chi connectivity index (χ3n) is 2.85. The fourth-order valence-electron chi connectivity index (χ4n) is 2.16. The maximum Gasteiger partial charge on any atom is 0.231 e. The summed E-state index contributed by atoms with van der Waals surface area (Å²) in [4.78, 5) is 8.32. The summed E-state index contributed by atoms with van der Waals surface area (Å²) in [5.74, 6) is 0. The van der Waals surface area contributed by atoms with E-state index in [0.717, 1.165) is 19.6 Å². The molecule has 3 nitrogen and oxygen atoms in total. The maximum atomic E-state index is 6.98. The molecular weight excluding hydrogens is 174 g/mol. The molecule has 1 atom stereocenters. The number of rotatable bonds is 1. The largest absolute Gasteiger partial charge is 0.315 e. The van der Waals surface area contributed by atoms with E-state index in [-0.39, 0.29) is 5.54 Å². The van der Waals surface area contributed by atoms with Crippen molar-refractivity contribution in [2.45, 2.75) is 32.4 Å². The number of hydrogen-bond donors (Lipinski definition) is 0. The molecular formula is C11H21N3. The van der Waals surface area contributed by atoms with E-state index in [1.165, 1.54) is 0 Å². The summed E-state index contributed by atoms with van der Waals surface area (Å²) >= 11 is 0. The van der Waals surface area contributed by atoms with Crippen LogP contribution >= 0.6 is 0 Å². The fraction of sp³-hybridized carbons (Fsp3) is 0.909. The minimum absolute atomic E-state index is 0.191. The summed E-state index contributed by atoms with van der Waals surface area (Å²) < 4.78 is 0. The van der Waals surface area contributed by atoms with E-state index < -0.39 is 0 Å². The van der Waals surface area contributed by atoms with Crippen molar-refractivity contribution in [3.63, 3.8) is 0 Å². The van der Waals surface area contributed by atoms with Gasteiger partial charge in [0.25, 0.3) is 0 Å². The molecule has 3 heteroatoms. The smallest absolute Gasteiger partial charge is 0.231 e. The number of nitrogens with zero attached hydrogens (tertiary/aromatic N) is 3. The van der Waals surface area contributed by atoms with Gasteiger partial charge in [-0.2, -0.15) is 0 Å². The Morgan fingerprint density at radius 1 is 1.36 bits per heavy atom. The quantitative estimate of drug-likeness (QED) is 0.584. The molecule has 1 aliphatic rings. The van der Waals surface area contributed by atoms with Crippen LogP contribution in [0.5, 0.6) is 0 Å². The highest BCUT2D eigenvalue weighted by molar-refractivity contribution is 4.92. The van der Waals surface area contributed by atoms with E-state index in [1.807, 2.05) is 0 Å². The summed E-state index contributed by atoms with van der Waals surface area (Å²) in [6.07, 6.45) is 0. The molecule has 0 unspecified atom stereocenters. The molecule has 0 saturated carbocycles. The zero-order valence-electron chi connectivity index (χ0n) is 9.75. The topological polar surface area (TPSA) is 10.8 Å². The first-order chi connectivity index (χ1) is 6.45. The lowest BCUT2D eigenvalue weighted by molar-refractivity contribution is 0.0263. The second kappa shape index (κ2) is 4.29. The fourth-order valence-corrected chi connectivity index (χ4v) is 2.16. The van der Waals surface area contributed by atoms with Gasteiger partial charge in [0.1, 0.15) is 0 Å². The van der Waals surface area contributed by atoms with Crippen molar-refractivity contribution in [3.05, 3.63) is 11.4 Å². The molecule has 14 heavy (non-hydrogen) atoms. The van der Waals surface area contributed by atoms with Gasteiger partial charge < -0.3 is 9.74 Å². The zero-order valence-corrected chi connectivity index (χ0v) is 9.75. The minimum atomic E-state index is 0.191. The molecule has 0 bridgehead atoms. The monoisotopic (exact) mass is 195 g/mol. The minimum Gasteiger partial charge on any atom is -0.315 e. The molecule has 0 aromatic rings. The van der Waals surface area contributed by atoms with Crippen LogP contribution in [0.25, 0.3) is 4.85 Å². The molecule has 80 valence electrons. The van der Waals surface area contributed by atoms with Gasteiger partial charge in [-0.05, 0) is 27.8 Å². The molecule has 0 spiro atoms. The first-order valence-electron chi connectivity index (χ1n) is 5.23. The van der Waals surface area contributed by atoms with Crippen LogP contribution in [0, 0.1) is 6.57 Å². The highest BCUT2D eigenvalue weighted by Crippen LogP contribution is 2.20. The van der Waals surface area contributed by atoms with E-state index in [9.17, 15) is 0 Å². The molecule has 0 aliphatic carbocycles. The van der Waals surface area contributed by atoms with E-state index in [2.05, 4.69) is 42.5 Å². The molecule has 0 N–H and O–H groups in total. The lowest BCUT2D eigenvalue weighted by Gasteiger charge is -2.45. The Kier molecular flexibility index (Phi) is 3.52. The third kappa shape index (κ3) is 2.70. The van der Waals surface area contributed by atoms with Crippen LogP contribution in [-0.2, 0) is 0 Å². The molecule has 0 radical (unpaired) electrons. The second-order valence-corrected chi connectivity index (χ2v) is 5.12. The standard InChI is InChI=1S/C11H21N3/c1-11(2,3)14-7-6-13(5)9-10(14)8-12-4/h10H,6-9H2,1-3,5H3/t10-/m1/s1. The van der Waals surface area contributed by atoms with Gasteiger partial charge in [0, 0.05) is 25.2 Å². The van der Waals surface area contributed by atoms with Crippen LogP contribution in [0.2, 0.25) is 0 Å². The van der Waals surface area contributed by atoms with Gasteiger partial charge in [0.05, 0.1) is 6.04 Å². The van der Waals surface area contributed by atoms with E-state index >= 15 is 0 Å². The molecule has 0 amide bonds. The van der Waals surface area contributed by atoms with Crippen LogP contribution in [0.1, 0.15) is 20.8 Å². The van der Waals surface area contributed by atoms with Crippen LogP contribution in [-0.4, -0.2) is 54.6 Å². The Bertz CT molecular complexity index is 224. The Balaban J connectivity index is 2.68. The van der Waals surface area contributed by atoms with Crippen molar-refractivity contribution in [3.8, 4) is 0 Å². The average Bonchev–Trinajstić information content (AvgIpc) is 2.02. The molecule has 0 aromatic carbocycles. The summed E-state index contributed by atoms with van der Waals surface area (Å²) in [6.45, 7) is 17.5. The maximum absolute atomic E-state index is 6.98. The Labute approximate surface area is 87.5 Å². The number of hydrogen-bond acceptors (Lipinski definition) is 2. The van der Waals surface area contributed by atoms with Crippen LogP contribution in [0.3, 0.4) is 0 Å². The average molecular weight is 195 g/mol. The normalized spacial score (nSPS) is 26.1. The molecule has 0 aromatic heterocycles. The first kappa shape index (κ1) is 11.5. The van der Waals surface area contributed by atoms with Crippen molar-refractivity contribution in [2.24, 2.45) is 0 Å². The molecule has 1 rings (SSSR count). The summed E-state index contributed by atoms with van der Waals surface area (Å²) in [6, 6.07) is 0.409. The van der Waals surface area contributed by atoms with Crippen molar-refractivity contribution in [1.29, 1.82) is 0 Å². The van der Waals surface area contributed by atoms with Gasteiger partial charge in [-0.15, -0.1) is 0 Å². The predicted octanol–water partition coefficient (Wildman–Crippen LogP) is 1.32. The van der Waals surface area contributed by atoms with Gasteiger partial charge in [-0.1, -0.05) is 0 Å². The van der Waals surface area contributed by atoms with Crippen LogP contribution in [0.4, 0.5) is 0 Å². The van der Waals surface area contributed by atoms with Gasteiger partial charge in [0.2, 0.25) is 6.54 Å². The number of likely N-dealkylation sites (N-methyl/N-ethyl adjacent to an activating group) is 1. The van der Waals surface area contributed by atoms with E-state index in [1.54, 1.807) is 0 Å². The molecule has 1 fully saturated rings.